The summed E-state index contributed by atoms with van der Waals surface area (Å²) in [5.41, 5.74) is 1.12. The van der Waals surface area contributed by atoms with Gasteiger partial charge in [-0.25, -0.2) is 4.79 Å². The fourth-order valence-corrected chi connectivity index (χ4v) is 1.47. The van der Waals surface area contributed by atoms with Crippen molar-refractivity contribution in [3.63, 3.8) is 0 Å². The van der Waals surface area contributed by atoms with Crippen molar-refractivity contribution in [1.82, 2.24) is 10.6 Å². The Balaban J connectivity index is 2.27. The number of carbonyl (C=O) groups is 2. The lowest BCUT2D eigenvalue weighted by molar-refractivity contribution is -0.115. The molecule has 1 saturated heterocycles. The lowest BCUT2D eigenvalue weighted by Gasteiger charge is -1.96. The van der Waals surface area contributed by atoms with Crippen LogP contribution in [0.4, 0.5) is 4.79 Å². The standard InChI is InChI=1S/C10H7BrN2O2/c11-7-3-1-6(2-4-7)5-8-9(14)13-10(15)12-8/h1-5H,(H2,12,13,14,15). The predicted octanol–water partition coefficient (Wildman–Crippen LogP) is 1.63. The summed E-state index contributed by atoms with van der Waals surface area (Å²) in [4.78, 5) is 22.0. The van der Waals surface area contributed by atoms with Crippen molar-refractivity contribution < 1.29 is 9.59 Å². The quantitative estimate of drug-likeness (QED) is 0.600. The summed E-state index contributed by atoms with van der Waals surface area (Å²) >= 11 is 3.31. The van der Waals surface area contributed by atoms with E-state index in [9.17, 15) is 9.59 Å². The van der Waals surface area contributed by atoms with Crippen molar-refractivity contribution in [2.45, 2.75) is 0 Å². The number of carbonyl (C=O) groups excluding carboxylic acids is 2. The van der Waals surface area contributed by atoms with Gasteiger partial charge in [-0.2, -0.15) is 0 Å². The Morgan fingerprint density at radius 2 is 1.73 bits per heavy atom. The molecule has 3 amide bonds. The van der Waals surface area contributed by atoms with Crippen molar-refractivity contribution in [3.8, 4) is 0 Å². The van der Waals surface area contributed by atoms with E-state index in [1.807, 2.05) is 24.3 Å². The minimum absolute atomic E-state index is 0.266. The molecule has 0 bridgehead atoms. The molecule has 0 saturated carbocycles. The zero-order chi connectivity index (χ0) is 10.8. The van der Waals surface area contributed by atoms with Crippen LogP contribution < -0.4 is 10.6 Å². The van der Waals surface area contributed by atoms with Gasteiger partial charge in [-0.3, -0.25) is 10.1 Å². The zero-order valence-corrected chi connectivity index (χ0v) is 9.17. The smallest absolute Gasteiger partial charge is 0.303 e. The molecule has 0 aliphatic carbocycles. The number of nitrogens with one attached hydrogen (secondary N) is 2. The number of imide groups is 1. The van der Waals surface area contributed by atoms with Gasteiger partial charge in [0.15, 0.2) is 0 Å². The number of hydrogen-bond donors (Lipinski definition) is 2. The molecular formula is C10H7BrN2O2. The molecule has 0 radical (unpaired) electrons. The summed E-state index contributed by atoms with van der Waals surface area (Å²) in [5.74, 6) is -0.400. The van der Waals surface area contributed by atoms with Crippen LogP contribution in [0.3, 0.4) is 0 Å². The molecule has 0 spiro atoms. The van der Waals surface area contributed by atoms with Gasteiger partial charge >= 0.3 is 6.03 Å². The van der Waals surface area contributed by atoms with E-state index in [4.69, 9.17) is 0 Å². The van der Waals surface area contributed by atoms with E-state index in [-0.39, 0.29) is 5.70 Å². The van der Waals surface area contributed by atoms with Gasteiger partial charge in [-0.15, -0.1) is 0 Å². The maximum absolute atomic E-state index is 11.2. The summed E-state index contributed by atoms with van der Waals surface area (Å²) in [5, 5.41) is 4.55. The first-order valence-electron chi connectivity index (χ1n) is 4.25. The first kappa shape index (κ1) is 9.92. The molecular weight excluding hydrogens is 260 g/mol. The average Bonchev–Trinajstić information content (AvgIpc) is 2.49. The highest BCUT2D eigenvalue weighted by Gasteiger charge is 2.22. The van der Waals surface area contributed by atoms with Gasteiger partial charge in [0.25, 0.3) is 5.91 Å². The molecule has 1 aromatic rings. The fraction of sp³-hybridized carbons (Fsp3) is 0. The normalized spacial score (nSPS) is 17.8. The van der Waals surface area contributed by atoms with Crippen LogP contribution in [0.25, 0.3) is 6.08 Å². The molecule has 1 fully saturated rings. The van der Waals surface area contributed by atoms with E-state index < -0.39 is 11.9 Å². The molecule has 1 heterocycles. The summed E-state index contributed by atoms with van der Waals surface area (Å²) in [7, 11) is 0. The number of rotatable bonds is 1. The summed E-state index contributed by atoms with van der Waals surface area (Å²) in [6.45, 7) is 0. The maximum Gasteiger partial charge on any atom is 0.326 e. The van der Waals surface area contributed by atoms with E-state index in [2.05, 4.69) is 26.6 Å². The third kappa shape index (κ3) is 2.24. The average molecular weight is 267 g/mol. The number of halogens is 1. The van der Waals surface area contributed by atoms with Crippen LogP contribution in [0, 0.1) is 0 Å². The zero-order valence-electron chi connectivity index (χ0n) is 7.58. The van der Waals surface area contributed by atoms with Crippen molar-refractivity contribution in [2.75, 3.05) is 0 Å². The monoisotopic (exact) mass is 266 g/mol. The van der Waals surface area contributed by atoms with Crippen molar-refractivity contribution in [2.24, 2.45) is 0 Å². The Hall–Kier alpha value is -1.62. The molecule has 4 nitrogen and oxygen atoms in total. The van der Waals surface area contributed by atoms with Gasteiger partial charge in [0.05, 0.1) is 0 Å². The Kier molecular flexibility index (Phi) is 2.55. The highest BCUT2D eigenvalue weighted by molar-refractivity contribution is 9.10. The minimum atomic E-state index is -0.483. The Labute approximate surface area is 94.5 Å². The van der Waals surface area contributed by atoms with Crippen LogP contribution in [0.15, 0.2) is 34.4 Å². The van der Waals surface area contributed by atoms with Crippen LogP contribution in [-0.4, -0.2) is 11.9 Å². The second-order valence-corrected chi connectivity index (χ2v) is 3.93. The van der Waals surface area contributed by atoms with Crippen LogP contribution in [0.2, 0.25) is 0 Å². The third-order valence-corrected chi connectivity index (χ3v) is 2.43. The Morgan fingerprint density at radius 1 is 1.07 bits per heavy atom. The van der Waals surface area contributed by atoms with E-state index in [0.29, 0.717) is 0 Å². The minimum Gasteiger partial charge on any atom is -0.303 e. The summed E-state index contributed by atoms with van der Waals surface area (Å²) in [6, 6.07) is 6.93. The summed E-state index contributed by atoms with van der Waals surface area (Å²) < 4.78 is 0.963. The second kappa shape index (κ2) is 3.86. The van der Waals surface area contributed by atoms with Crippen LogP contribution in [0.5, 0.6) is 0 Å². The Bertz CT molecular complexity index is 451. The second-order valence-electron chi connectivity index (χ2n) is 3.02. The molecule has 0 unspecified atom stereocenters. The van der Waals surface area contributed by atoms with E-state index in [0.717, 1.165) is 10.0 Å². The first-order valence-corrected chi connectivity index (χ1v) is 5.04. The highest BCUT2D eigenvalue weighted by Crippen LogP contribution is 2.13. The van der Waals surface area contributed by atoms with E-state index >= 15 is 0 Å². The first-order chi connectivity index (χ1) is 7.15. The molecule has 5 heteroatoms. The third-order valence-electron chi connectivity index (χ3n) is 1.90. The van der Waals surface area contributed by atoms with E-state index in [1.165, 1.54) is 0 Å². The summed E-state index contributed by atoms with van der Waals surface area (Å²) in [6.07, 6.45) is 1.62. The number of urea groups is 1. The van der Waals surface area contributed by atoms with Gasteiger partial charge < -0.3 is 5.32 Å². The van der Waals surface area contributed by atoms with Gasteiger partial charge in [0.1, 0.15) is 5.70 Å². The maximum atomic E-state index is 11.2. The predicted molar refractivity (Wildman–Crippen MR) is 58.8 cm³/mol. The lowest BCUT2D eigenvalue weighted by Crippen LogP contribution is -2.22. The van der Waals surface area contributed by atoms with Crippen molar-refractivity contribution in [3.05, 3.63) is 40.0 Å². The highest BCUT2D eigenvalue weighted by atomic mass is 79.9. The van der Waals surface area contributed by atoms with Gasteiger partial charge in [-0.1, -0.05) is 28.1 Å². The topological polar surface area (TPSA) is 58.2 Å². The molecule has 2 rings (SSSR count). The molecule has 1 aliphatic rings. The number of hydrogen-bond acceptors (Lipinski definition) is 2. The molecule has 0 aromatic heterocycles. The molecule has 1 aliphatic heterocycles. The lowest BCUT2D eigenvalue weighted by atomic mass is 10.2. The number of benzene rings is 1. The van der Waals surface area contributed by atoms with Gasteiger partial charge in [0.2, 0.25) is 0 Å². The molecule has 76 valence electrons. The van der Waals surface area contributed by atoms with E-state index in [1.54, 1.807) is 6.08 Å². The SMILES string of the molecule is O=C1NC(=O)C(=Cc2ccc(Br)cc2)N1. The molecule has 0 atom stereocenters. The fourth-order valence-electron chi connectivity index (χ4n) is 1.21. The Morgan fingerprint density at radius 3 is 2.27 bits per heavy atom. The number of amides is 3. The molecule has 1 aromatic carbocycles. The van der Waals surface area contributed by atoms with Crippen LogP contribution >= 0.6 is 15.9 Å². The largest absolute Gasteiger partial charge is 0.326 e. The van der Waals surface area contributed by atoms with Gasteiger partial charge in [0, 0.05) is 4.47 Å². The molecule has 2 N–H and O–H groups in total. The van der Waals surface area contributed by atoms with Crippen LogP contribution in [-0.2, 0) is 4.79 Å². The van der Waals surface area contributed by atoms with Gasteiger partial charge in [-0.05, 0) is 23.8 Å². The molecule has 15 heavy (non-hydrogen) atoms. The van der Waals surface area contributed by atoms with Crippen molar-refractivity contribution >= 4 is 33.9 Å². The van der Waals surface area contributed by atoms with Crippen molar-refractivity contribution in [1.29, 1.82) is 0 Å². The van der Waals surface area contributed by atoms with Crippen LogP contribution in [0.1, 0.15) is 5.56 Å².